The van der Waals surface area contributed by atoms with E-state index in [1.807, 2.05) is 6.08 Å². The molecule has 0 aromatic rings. The molecular weight excluding hydrogens is 875 g/mol. The van der Waals surface area contributed by atoms with Crippen molar-refractivity contribution in [2.45, 2.75) is 353 Å². The van der Waals surface area contributed by atoms with Gasteiger partial charge in [0.05, 0.1) is 25.4 Å². The summed E-state index contributed by atoms with van der Waals surface area (Å²) in [5.41, 5.74) is 0. The summed E-state index contributed by atoms with van der Waals surface area (Å²) in [4.78, 5) is 24.6. The molecule has 71 heavy (non-hydrogen) atoms. The van der Waals surface area contributed by atoms with E-state index < -0.39 is 12.1 Å². The second-order valence-electron chi connectivity index (χ2n) is 21.7. The lowest BCUT2D eigenvalue weighted by Crippen LogP contribution is -2.45. The molecule has 0 aromatic heterocycles. The molecule has 0 aliphatic rings. The fourth-order valence-corrected chi connectivity index (χ4v) is 9.74. The molecule has 0 spiro atoms. The van der Waals surface area contributed by atoms with Crippen LogP contribution in [0.2, 0.25) is 0 Å². The van der Waals surface area contributed by atoms with E-state index in [0.717, 1.165) is 51.4 Å². The molecule has 418 valence electrons. The number of rotatable bonds is 59. The number of esters is 1. The highest BCUT2D eigenvalue weighted by molar-refractivity contribution is 5.76. The number of hydrogen-bond acceptors (Lipinski definition) is 5. The zero-order valence-electron chi connectivity index (χ0n) is 47.7. The van der Waals surface area contributed by atoms with Crippen LogP contribution in [0.1, 0.15) is 341 Å². The first kappa shape index (κ1) is 69.1. The minimum Gasteiger partial charge on any atom is -0.466 e. The van der Waals surface area contributed by atoms with Crippen molar-refractivity contribution in [3.8, 4) is 0 Å². The van der Waals surface area contributed by atoms with E-state index in [1.54, 1.807) is 6.08 Å². The van der Waals surface area contributed by atoms with E-state index in [0.29, 0.717) is 19.4 Å². The number of hydrogen-bond donors (Lipinski definition) is 3. The van der Waals surface area contributed by atoms with Crippen molar-refractivity contribution in [2.75, 3.05) is 13.2 Å². The highest BCUT2D eigenvalue weighted by Crippen LogP contribution is 2.17. The number of amides is 1. The van der Waals surface area contributed by atoms with Gasteiger partial charge in [-0.05, 0) is 83.5 Å². The van der Waals surface area contributed by atoms with Crippen molar-refractivity contribution in [1.29, 1.82) is 0 Å². The van der Waals surface area contributed by atoms with Crippen molar-refractivity contribution in [2.24, 2.45) is 0 Å². The van der Waals surface area contributed by atoms with Crippen LogP contribution >= 0.6 is 0 Å². The van der Waals surface area contributed by atoms with Gasteiger partial charge in [0, 0.05) is 12.8 Å². The van der Waals surface area contributed by atoms with Gasteiger partial charge in [-0.3, -0.25) is 9.59 Å². The van der Waals surface area contributed by atoms with Gasteiger partial charge in [0.2, 0.25) is 5.91 Å². The third-order valence-corrected chi connectivity index (χ3v) is 14.6. The third kappa shape index (κ3) is 57.2. The predicted molar refractivity (Wildman–Crippen MR) is 310 cm³/mol. The largest absolute Gasteiger partial charge is 0.466 e. The third-order valence-electron chi connectivity index (χ3n) is 14.6. The number of allylic oxidation sites excluding steroid dienone is 5. The Morgan fingerprint density at radius 2 is 0.662 bits per heavy atom. The molecule has 0 aromatic carbocycles. The lowest BCUT2D eigenvalue weighted by Gasteiger charge is -2.20. The highest BCUT2D eigenvalue weighted by Gasteiger charge is 2.18. The van der Waals surface area contributed by atoms with E-state index in [1.165, 1.54) is 263 Å². The van der Waals surface area contributed by atoms with Gasteiger partial charge in [-0.15, -0.1) is 0 Å². The van der Waals surface area contributed by atoms with Gasteiger partial charge in [0.15, 0.2) is 0 Å². The van der Waals surface area contributed by atoms with Gasteiger partial charge >= 0.3 is 5.97 Å². The molecule has 2 atom stereocenters. The molecule has 2 unspecified atom stereocenters. The maximum absolute atomic E-state index is 12.5. The Morgan fingerprint density at radius 1 is 0.380 bits per heavy atom. The summed E-state index contributed by atoms with van der Waals surface area (Å²) in [5.74, 6) is -0.0699. The lowest BCUT2D eigenvalue weighted by atomic mass is 10.0. The quantitative estimate of drug-likeness (QED) is 0.0321. The van der Waals surface area contributed by atoms with Crippen LogP contribution in [0.25, 0.3) is 0 Å². The number of carbonyl (C=O) groups excluding carboxylic acids is 2. The first-order valence-corrected chi connectivity index (χ1v) is 31.8. The number of nitrogens with one attached hydrogen (secondary N) is 1. The molecule has 0 saturated carbocycles. The van der Waals surface area contributed by atoms with Crippen LogP contribution in [-0.4, -0.2) is 47.4 Å². The molecule has 0 heterocycles. The molecule has 0 rings (SSSR count). The summed E-state index contributed by atoms with van der Waals surface area (Å²) in [7, 11) is 0. The van der Waals surface area contributed by atoms with Crippen LogP contribution in [0, 0.1) is 0 Å². The summed E-state index contributed by atoms with van der Waals surface area (Å²) in [5, 5.41) is 23.1. The Balaban J connectivity index is 3.43. The summed E-state index contributed by atoms with van der Waals surface area (Å²) in [6.07, 6.45) is 76.1. The average molecular weight is 999 g/mol. The summed E-state index contributed by atoms with van der Waals surface area (Å²) in [6.45, 7) is 4.91. The Hall–Kier alpha value is -1.92. The van der Waals surface area contributed by atoms with Crippen molar-refractivity contribution in [1.82, 2.24) is 5.32 Å². The first-order chi connectivity index (χ1) is 35.0. The van der Waals surface area contributed by atoms with E-state index in [9.17, 15) is 19.8 Å². The molecule has 1 amide bonds. The number of unbranched alkanes of at least 4 members (excludes halogenated alkanes) is 44. The van der Waals surface area contributed by atoms with Gasteiger partial charge in [-0.2, -0.15) is 0 Å². The second-order valence-corrected chi connectivity index (χ2v) is 21.7. The number of aliphatic hydroxyl groups is 2. The molecule has 0 aliphatic heterocycles. The lowest BCUT2D eigenvalue weighted by molar-refractivity contribution is -0.143. The minimum atomic E-state index is -0.849. The van der Waals surface area contributed by atoms with Crippen LogP contribution in [0.5, 0.6) is 0 Å². The fraction of sp³-hybridized carbons (Fsp3) is 0.877. The zero-order chi connectivity index (χ0) is 51.4. The normalized spacial score (nSPS) is 12.8. The SMILES string of the molecule is CCCCCCCCC/C=C\CCCCCCCCCC(=O)OCCCCCCCCCCCC/C=C\CCCCCCCCCC(=O)NC(CO)C(O)/C=C/CCCCCCCCCCCCCCC. The molecule has 0 bridgehead atoms. The molecule has 3 N–H and O–H groups in total. The topological polar surface area (TPSA) is 95.9 Å². The molecule has 0 radical (unpaired) electrons. The first-order valence-electron chi connectivity index (χ1n) is 31.8. The van der Waals surface area contributed by atoms with Crippen molar-refractivity contribution >= 4 is 11.9 Å². The summed E-state index contributed by atoms with van der Waals surface area (Å²) < 4.78 is 5.49. The molecule has 6 heteroatoms. The molecule has 0 aliphatic carbocycles. The molecule has 6 nitrogen and oxygen atoms in total. The van der Waals surface area contributed by atoms with Gasteiger partial charge in [-0.25, -0.2) is 0 Å². The molecular formula is C65H123NO5. The van der Waals surface area contributed by atoms with Gasteiger partial charge in [0.1, 0.15) is 0 Å². The van der Waals surface area contributed by atoms with Gasteiger partial charge in [0.25, 0.3) is 0 Å². The van der Waals surface area contributed by atoms with Crippen molar-refractivity contribution in [3.63, 3.8) is 0 Å². The van der Waals surface area contributed by atoms with Crippen LogP contribution in [-0.2, 0) is 14.3 Å². The van der Waals surface area contributed by atoms with Crippen LogP contribution in [0.4, 0.5) is 0 Å². The second kappa shape index (κ2) is 60.6. The van der Waals surface area contributed by atoms with Crippen LogP contribution < -0.4 is 5.32 Å². The Bertz CT molecular complexity index is 1150. The molecule has 0 saturated heterocycles. The Kier molecular flexibility index (Phi) is 59.0. The Labute approximate surface area is 443 Å². The maximum Gasteiger partial charge on any atom is 0.305 e. The fourth-order valence-electron chi connectivity index (χ4n) is 9.74. The van der Waals surface area contributed by atoms with E-state index >= 15 is 0 Å². The number of carbonyl (C=O) groups is 2. The number of aliphatic hydroxyl groups excluding tert-OH is 2. The van der Waals surface area contributed by atoms with E-state index in [-0.39, 0.29) is 18.5 Å². The van der Waals surface area contributed by atoms with Crippen LogP contribution in [0.3, 0.4) is 0 Å². The minimum absolute atomic E-state index is 0.00480. The van der Waals surface area contributed by atoms with Crippen molar-refractivity contribution < 1.29 is 24.5 Å². The van der Waals surface area contributed by atoms with Crippen LogP contribution in [0.15, 0.2) is 36.5 Å². The Morgan fingerprint density at radius 3 is 1.00 bits per heavy atom. The summed E-state index contributed by atoms with van der Waals surface area (Å²) in [6, 6.07) is -0.634. The predicted octanol–water partition coefficient (Wildman–Crippen LogP) is 20.0. The van der Waals surface area contributed by atoms with Crippen molar-refractivity contribution in [3.05, 3.63) is 36.5 Å². The summed E-state index contributed by atoms with van der Waals surface area (Å²) >= 11 is 0. The maximum atomic E-state index is 12.5. The molecule has 0 fully saturated rings. The smallest absolute Gasteiger partial charge is 0.305 e. The van der Waals surface area contributed by atoms with Gasteiger partial charge < -0.3 is 20.3 Å². The van der Waals surface area contributed by atoms with E-state index in [4.69, 9.17) is 4.74 Å². The van der Waals surface area contributed by atoms with E-state index in [2.05, 4.69) is 43.5 Å². The standard InChI is InChI=1S/C65H123NO5/c1-3-5-7-9-11-13-15-17-19-20-27-31-35-39-43-47-51-55-59-65(70)71-60-56-52-48-44-40-36-32-28-25-23-21-22-24-26-30-34-38-42-46-50-54-58-64(69)66-62(61-67)63(68)57-53-49-45-41-37-33-29-18-16-14-12-10-8-6-4-2/h19-20,22,24,53,57,62-63,67-68H,3-18,21,23,25-52,54-56,58-61H2,1-2H3,(H,66,69)/b20-19-,24-22-,57-53+. The highest BCUT2D eigenvalue weighted by atomic mass is 16.5. The van der Waals surface area contributed by atoms with Gasteiger partial charge in [-0.1, -0.05) is 281 Å². The monoisotopic (exact) mass is 998 g/mol. The zero-order valence-corrected chi connectivity index (χ0v) is 47.7. The number of ether oxygens (including phenoxy) is 1. The average Bonchev–Trinajstić information content (AvgIpc) is 3.37.